The van der Waals surface area contributed by atoms with Crippen molar-refractivity contribution in [1.29, 1.82) is 0 Å². The zero-order chi connectivity index (χ0) is 12.5. The maximum atomic E-state index is 13.3. The van der Waals surface area contributed by atoms with Crippen molar-refractivity contribution < 1.29 is 23.8 Å². The van der Waals surface area contributed by atoms with E-state index in [2.05, 4.69) is 15.9 Å². The van der Waals surface area contributed by atoms with Crippen LogP contribution in [0.1, 0.15) is 15.9 Å². The summed E-state index contributed by atoms with van der Waals surface area (Å²) >= 11 is 2.84. The number of carboxylic acid groups (broad SMARTS) is 1. The molecule has 0 atom stereocenters. The molecule has 1 aromatic rings. The van der Waals surface area contributed by atoms with Crippen LogP contribution < -0.4 is 4.74 Å². The predicted octanol–water partition coefficient (Wildman–Crippen LogP) is 2.17. The van der Waals surface area contributed by atoms with Gasteiger partial charge in [-0.05, 0) is 34.5 Å². The van der Waals surface area contributed by atoms with Gasteiger partial charge in [0, 0.05) is 0 Å². The fourth-order valence-electron chi connectivity index (χ4n) is 1.31. The zero-order valence-corrected chi connectivity index (χ0v) is 10.1. The first-order chi connectivity index (χ1) is 7.40. The third kappa shape index (κ3) is 2.06. The number of carbonyl (C=O) groups excluding carboxylic acids is 1. The molecular formula is C10H8BrFO4. The van der Waals surface area contributed by atoms with Gasteiger partial charge in [-0.25, -0.2) is 9.18 Å². The number of hydrogen-bond donors (Lipinski definition) is 1. The fourth-order valence-corrected chi connectivity index (χ4v) is 1.78. The molecular weight excluding hydrogens is 283 g/mol. The van der Waals surface area contributed by atoms with Gasteiger partial charge in [0.1, 0.15) is 11.6 Å². The van der Waals surface area contributed by atoms with E-state index in [4.69, 9.17) is 9.84 Å². The molecule has 6 heteroatoms. The molecule has 0 saturated heterocycles. The normalized spacial score (nSPS) is 10.0. The van der Waals surface area contributed by atoms with Gasteiger partial charge in [-0.2, -0.15) is 0 Å². The number of halogens is 2. The third-order valence-electron chi connectivity index (χ3n) is 1.98. The first-order valence-electron chi connectivity index (χ1n) is 4.20. The molecule has 1 rings (SSSR count). The third-order valence-corrected chi connectivity index (χ3v) is 2.76. The van der Waals surface area contributed by atoms with Crippen LogP contribution in [0.3, 0.4) is 0 Å². The van der Waals surface area contributed by atoms with E-state index in [1.165, 1.54) is 14.0 Å². The van der Waals surface area contributed by atoms with E-state index in [9.17, 15) is 14.0 Å². The van der Waals surface area contributed by atoms with Crippen molar-refractivity contribution in [2.45, 2.75) is 6.92 Å². The zero-order valence-electron chi connectivity index (χ0n) is 8.51. The Bertz CT molecular complexity index is 470. The molecule has 0 radical (unpaired) electrons. The highest BCUT2D eigenvalue weighted by molar-refractivity contribution is 9.10. The minimum Gasteiger partial charge on any atom is -0.496 e. The molecule has 0 aliphatic rings. The summed E-state index contributed by atoms with van der Waals surface area (Å²) in [6.07, 6.45) is 0. The number of hydrogen-bond acceptors (Lipinski definition) is 3. The number of ketones is 1. The van der Waals surface area contributed by atoms with E-state index in [0.29, 0.717) is 5.56 Å². The van der Waals surface area contributed by atoms with Crippen LogP contribution in [0, 0.1) is 12.7 Å². The van der Waals surface area contributed by atoms with Crippen molar-refractivity contribution in [3.63, 3.8) is 0 Å². The molecule has 0 aliphatic heterocycles. The van der Waals surface area contributed by atoms with Crippen molar-refractivity contribution in [3.05, 3.63) is 27.5 Å². The van der Waals surface area contributed by atoms with Crippen LogP contribution in [0.25, 0.3) is 0 Å². The summed E-state index contributed by atoms with van der Waals surface area (Å²) in [5.41, 5.74) is 0.0419. The van der Waals surface area contributed by atoms with Crippen LogP contribution in [-0.4, -0.2) is 24.0 Å². The van der Waals surface area contributed by atoms with E-state index in [-0.39, 0.29) is 15.8 Å². The average molecular weight is 291 g/mol. The van der Waals surface area contributed by atoms with E-state index >= 15 is 0 Å². The standard InChI is InChI=1S/C10H8BrFO4/c1-4-3-5(12)7(11)6(9(4)16-2)8(13)10(14)15/h3H,1-2H3,(H,14,15). The summed E-state index contributed by atoms with van der Waals surface area (Å²) in [5.74, 6) is -3.53. The van der Waals surface area contributed by atoms with Crippen molar-refractivity contribution >= 4 is 27.7 Å². The van der Waals surface area contributed by atoms with Crippen LogP contribution in [0.5, 0.6) is 5.75 Å². The lowest BCUT2D eigenvalue weighted by atomic mass is 10.1. The molecule has 1 aromatic carbocycles. The molecule has 0 aliphatic carbocycles. The highest BCUT2D eigenvalue weighted by atomic mass is 79.9. The Morgan fingerprint density at radius 3 is 2.50 bits per heavy atom. The number of benzene rings is 1. The molecule has 0 unspecified atom stereocenters. The van der Waals surface area contributed by atoms with Gasteiger partial charge < -0.3 is 9.84 Å². The number of carboxylic acids is 1. The second kappa shape index (κ2) is 4.61. The number of carbonyl (C=O) groups is 2. The second-order valence-corrected chi connectivity index (χ2v) is 3.82. The van der Waals surface area contributed by atoms with Gasteiger partial charge in [-0.3, -0.25) is 4.79 Å². The SMILES string of the molecule is COc1c(C)cc(F)c(Br)c1C(=O)C(=O)O. The number of rotatable bonds is 3. The monoisotopic (exact) mass is 290 g/mol. The van der Waals surface area contributed by atoms with Crippen LogP contribution in [0.15, 0.2) is 10.5 Å². The van der Waals surface area contributed by atoms with Gasteiger partial charge in [0.15, 0.2) is 0 Å². The Morgan fingerprint density at radius 1 is 1.50 bits per heavy atom. The molecule has 0 aromatic heterocycles. The van der Waals surface area contributed by atoms with Gasteiger partial charge in [0.05, 0.1) is 17.1 Å². The number of Topliss-reactive ketones (excluding diaryl/α,β-unsaturated/α-hetero) is 1. The summed E-state index contributed by atoms with van der Waals surface area (Å²) in [4.78, 5) is 22.0. The lowest BCUT2D eigenvalue weighted by Crippen LogP contribution is -2.16. The molecule has 1 N–H and O–H groups in total. The Labute approximate surface area is 99.2 Å². The summed E-state index contributed by atoms with van der Waals surface area (Å²) in [6, 6.07) is 1.15. The molecule has 0 amide bonds. The number of aryl methyl sites for hydroxylation is 1. The number of aliphatic carboxylic acids is 1. The topological polar surface area (TPSA) is 63.6 Å². The van der Waals surface area contributed by atoms with E-state index in [1.54, 1.807) is 0 Å². The van der Waals surface area contributed by atoms with Crippen LogP contribution in [0.4, 0.5) is 4.39 Å². The van der Waals surface area contributed by atoms with Crippen molar-refractivity contribution in [3.8, 4) is 5.75 Å². The van der Waals surface area contributed by atoms with Gasteiger partial charge in [0.2, 0.25) is 0 Å². The van der Waals surface area contributed by atoms with Crippen LogP contribution in [-0.2, 0) is 4.79 Å². The molecule has 0 spiro atoms. The van der Waals surface area contributed by atoms with E-state index in [0.717, 1.165) is 6.07 Å². The summed E-state index contributed by atoms with van der Waals surface area (Å²) in [5, 5.41) is 8.61. The van der Waals surface area contributed by atoms with Crippen molar-refractivity contribution in [2.75, 3.05) is 7.11 Å². The molecule has 86 valence electrons. The van der Waals surface area contributed by atoms with Crippen molar-refractivity contribution in [2.24, 2.45) is 0 Å². The number of methoxy groups -OCH3 is 1. The minimum atomic E-state index is -1.66. The predicted molar refractivity (Wildman–Crippen MR) is 57.4 cm³/mol. The molecule has 0 saturated carbocycles. The Kier molecular flexibility index (Phi) is 3.64. The largest absolute Gasteiger partial charge is 0.496 e. The maximum absolute atomic E-state index is 13.3. The Balaban J connectivity index is 3.57. The maximum Gasteiger partial charge on any atom is 0.377 e. The van der Waals surface area contributed by atoms with Gasteiger partial charge in [-0.15, -0.1) is 0 Å². The summed E-state index contributed by atoms with van der Waals surface area (Å²) in [6.45, 7) is 1.52. The lowest BCUT2D eigenvalue weighted by Gasteiger charge is -2.11. The van der Waals surface area contributed by atoms with Gasteiger partial charge >= 0.3 is 5.97 Å². The van der Waals surface area contributed by atoms with E-state index in [1.807, 2.05) is 0 Å². The van der Waals surface area contributed by atoms with Crippen molar-refractivity contribution in [1.82, 2.24) is 0 Å². The van der Waals surface area contributed by atoms with Gasteiger partial charge in [0.25, 0.3) is 5.78 Å². The molecule has 0 bridgehead atoms. The van der Waals surface area contributed by atoms with Crippen LogP contribution in [0.2, 0.25) is 0 Å². The molecule has 0 heterocycles. The highest BCUT2D eigenvalue weighted by Crippen LogP contribution is 2.33. The molecule has 16 heavy (non-hydrogen) atoms. The number of ether oxygens (including phenoxy) is 1. The van der Waals surface area contributed by atoms with Gasteiger partial charge in [-0.1, -0.05) is 0 Å². The lowest BCUT2D eigenvalue weighted by molar-refractivity contribution is -0.131. The van der Waals surface area contributed by atoms with E-state index < -0.39 is 17.6 Å². The molecule has 0 fully saturated rings. The first-order valence-corrected chi connectivity index (χ1v) is 4.99. The fraction of sp³-hybridized carbons (Fsp3) is 0.200. The Morgan fingerprint density at radius 2 is 2.06 bits per heavy atom. The minimum absolute atomic E-state index is 0.0562. The quantitative estimate of drug-likeness (QED) is 0.684. The summed E-state index contributed by atoms with van der Waals surface area (Å²) < 4.78 is 18.0. The smallest absolute Gasteiger partial charge is 0.377 e. The highest BCUT2D eigenvalue weighted by Gasteiger charge is 2.26. The Hall–Kier alpha value is -1.43. The average Bonchev–Trinajstić information content (AvgIpc) is 2.21. The first kappa shape index (κ1) is 12.6. The summed E-state index contributed by atoms with van der Waals surface area (Å²) in [7, 11) is 1.28. The van der Waals surface area contributed by atoms with Crippen LogP contribution >= 0.6 is 15.9 Å². The molecule has 4 nitrogen and oxygen atoms in total. The second-order valence-electron chi connectivity index (χ2n) is 3.03.